The summed E-state index contributed by atoms with van der Waals surface area (Å²) < 4.78 is 0. The number of fused-ring (bicyclic) bond motifs is 1. The van der Waals surface area contributed by atoms with Gasteiger partial charge in [0.05, 0.1) is 0 Å². The SMILES string of the molecule is NC(Cc1cccc(Cl)c1)C1CCC2CCCCC2C1. The van der Waals surface area contributed by atoms with E-state index in [1.54, 1.807) is 0 Å². The van der Waals surface area contributed by atoms with Crippen LogP contribution in [0, 0.1) is 17.8 Å². The summed E-state index contributed by atoms with van der Waals surface area (Å²) in [6, 6.07) is 8.48. The monoisotopic (exact) mass is 291 g/mol. The molecule has 3 rings (SSSR count). The van der Waals surface area contributed by atoms with Crippen molar-refractivity contribution in [1.82, 2.24) is 0 Å². The summed E-state index contributed by atoms with van der Waals surface area (Å²) in [4.78, 5) is 0. The molecule has 0 spiro atoms. The van der Waals surface area contributed by atoms with Crippen molar-refractivity contribution < 1.29 is 0 Å². The summed E-state index contributed by atoms with van der Waals surface area (Å²) in [6.07, 6.45) is 10.9. The van der Waals surface area contributed by atoms with Crippen molar-refractivity contribution in [3.63, 3.8) is 0 Å². The Kier molecular flexibility index (Phi) is 4.68. The third-order valence-corrected chi connectivity index (χ3v) is 5.78. The highest BCUT2D eigenvalue weighted by Crippen LogP contribution is 2.43. The molecule has 4 atom stereocenters. The summed E-state index contributed by atoms with van der Waals surface area (Å²) in [5.74, 6) is 2.69. The highest BCUT2D eigenvalue weighted by Gasteiger charge is 2.34. The van der Waals surface area contributed by atoms with E-state index in [4.69, 9.17) is 17.3 Å². The van der Waals surface area contributed by atoms with Gasteiger partial charge in [0.1, 0.15) is 0 Å². The number of benzene rings is 1. The highest BCUT2D eigenvalue weighted by molar-refractivity contribution is 6.30. The van der Waals surface area contributed by atoms with Crippen LogP contribution in [0.1, 0.15) is 50.5 Å². The van der Waals surface area contributed by atoms with Crippen molar-refractivity contribution in [1.29, 1.82) is 0 Å². The van der Waals surface area contributed by atoms with E-state index in [2.05, 4.69) is 12.1 Å². The van der Waals surface area contributed by atoms with Crippen molar-refractivity contribution in [2.24, 2.45) is 23.5 Å². The van der Waals surface area contributed by atoms with Crippen molar-refractivity contribution in [2.45, 2.75) is 57.4 Å². The molecule has 20 heavy (non-hydrogen) atoms. The molecule has 0 saturated heterocycles. The van der Waals surface area contributed by atoms with E-state index in [0.717, 1.165) is 23.3 Å². The number of hydrogen-bond acceptors (Lipinski definition) is 1. The second-order valence-electron chi connectivity index (χ2n) is 6.88. The van der Waals surface area contributed by atoms with Gasteiger partial charge in [-0.25, -0.2) is 0 Å². The third-order valence-electron chi connectivity index (χ3n) is 5.55. The zero-order chi connectivity index (χ0) is 13.9. The molecule has 110 valence electrons. The Labute approximate surface area is 127 Å². The maximum absolute atomic E-state index is 6.51. The number of hydrogen-bond donors (Lipinski definition) is 1. The van der Waals surface area contributed by atoms with Crippen LogP contribution in [0.2, 0.25) is 5.02 Å². The van der Waals surface area contributed by atoms with Gasteiger partial charge in [-0.3, -0.25) is 0 Å². The quantitative estimate of drug-likeness (QED) is 0.849. The maximum Gasteiger partial charge on any atom is 0.0408 e. The van der Waals surface area contributed by atoms with Crippen LogP contribution in [0.15, 0.2) is 24.3 Å². The number of halogens is 1. The topological polar surface area (TPSA) is 26.0 Å². The molecular weight excluding hydrogens is 266 g/mol. The summed E-state index contributed by atoms with van der Waals surface area (Å²) >= 11 is 6.06. The fraction of sp³-hybridized carbons (Fsp3) is 0.667. The van der Waals surface area contributed by atoms with E-state index in [1.165, 1.54) is 50.5 Å². The summed E-state index contributed by atoms with van der Waals surface area (Å²) in [6.45, 7) is 0. The minimum Gasteiger partial charge on any atom is -0.327 e. The first-order chi connectivity index (χ1) is 9.72. The molecule has 1 nitrogen and oxygen atoms in total. The van der Waals surface area contributed by atoms with E-state index in [1.807, 2.05) is 12.1 Å². The predicted octanol–water partition coefficient (Wildman–Crippen LogP) is 4.82. The molecule has 2 saturated carbocycles. The van der Waals surface area contributed by atoms with E-state index < -0.39 is 0 Å². The van der Waals surface area contributed by atoms with E-state index in [-0.39, 0.29) is 0 Å². The van der Waals surface area contributed by atoms with Gasteiger partial charge in [-0.2, -0.15) is 0 Å². The molecule has 0 aliphatic heterocycles. The molecule has 0 heterocycles. The van der Waals surface area contributed by atoms with Crippen molar-refractivity contribution >= 4 is 11.6 Å². The van der Waals surface area contributed by atoms with E-state index in [9.17, 15) is 0 Å². The molecule has 0 bridgehead atoms. The van der Waals surface area contributed by atoms with Crippen molar-refractivity contribution in [2.75, 3.05) is 0 Å². The summed E-state index contributed by atoms with van der Waals surface area (Å²) in [7, 11) is 0. The van der Waals surface area contributed by atoms with Crippen LogP contribution in [0.5, 0.6) is 0 Å². The zero-order valence-electron chi connectivity index (χ0n) is 12.2. The highest BCUT2D eigenvalue weighted by atomic mass is 35.5. The van der Waals surface area contributed by atoms with Crippen LogP contribution in [0.4, 0.5) is 0 Å². The average molecular weight is 292 g/mol. The lowest BCUT2D eigenvalue weighted by Gasteiger charge is -2.41. The van der Waals surface area contributed by atoms with Crippen LogP contribution >= 0.6 is 11.6 Å². The van der Waals surface area contributed by atoms with Gasteiger partial charge in [-0.1, -0.05) is 49.4 Å². The second kappa shape index (κ2) is 6.49. The normalized spacial score (nSPS) is 31.6. The Morgan fingerprint density at radius 1 is 1.10 bits per heavy atom. The van der Waals surface area contributed by atoms with Crippen LogP contribution in [0.25, 0.3) is 0 Å². The van der Waals surface area contributed by atoms with Gasteiger partial charge < -0.3 is 5.73 Å². The molecule has 2 N–H and O–H groups in total. The predicted molar refractivity (Wildman–Crippen MR) is 85.9 cm³/mol. The first-order valence-corrected chi connectivity index (χ1v) is 8.60. The van der Waals surface area contributed by atoms with Gasteiger partial charge in [-0.05, 0) is 61.1 Å². The first kappa shape index (κ1) is 14.4. The van der Waals surface area contributed by atoms with Gasteiger partial charge in [0.25, 0.3) is 0 Å². The Balaban J connectivity index is 1.58. The molecule has 2 fully saturated rings. The Bertz CT molecular complexity index is 445. The maximum atomic E-state index is 6.51. The van der Waals surface area contributed by atoms with E-state index >= 15 is 0 Å². The zero-order valence-corrected chi connectivity index (χ0v) is 13.0. The summed E-state index contributed by atoms with van der Waals surface area (Å²) in [5, 5.41) is 0.825. The average Bonchev–Trinajstić information content (AvgIpc) is 2.47. The smallest absolute Gasteiger partial charge is 0.0408 e. The van der Waals surface area contributed by atoms with Gasteiger partial charge >= 0.3 is 0 Å². The van der Waals surface area contributed by atoms with Gasteiger partial charge in [0, 0.05) is 11.1 Å². The van der Waals surface area contributed by atoms with Crippen molar-refractivity contribution in [3.8, 4) is 0 Å². The molecule has 1 aromatic rings. The van der Waals surface area contributed by atoms with Gasteiger partial charge in [-0.15, -0.1) is 0 Å². The van der Waals surface area contributed by atoms with Crippen LogP contribution in [-0.2, 0) is 6.42 Å². The molecule has 2 aliphatic carbocycles. The molecule has 2 aliphatic rings. The van der Waals surface area contributed by atoms with Crippen LogP contribution < -0.4 is 5.73 Å². The lowest BCUT2D eigenvalue weighted by molar-refractivity contribution is 0.117. The molecule has 0 amide bonds. The molecule has 0 radical (unpaired) electrons. The Morgan fingerprint density at radius 3 is 2.70 bits per heavy atom. The third kappa shape index (κ3) is 3.38. The second-order valence-corrected chi connectivity index (χ2v) is 7.31. The molecule has 0 aromatic heterocycles. The lowest BCUT2D eigenvalue weighted by atomic mass is 9.66. The minimum atomic E-state index is 0.302. The largest absolute Gasteiger partial charge is 0.327 e. The summed E-state index contributed by atoms with van der Waals surface area (Å²) in [5.41, 5.74) is 7.80. The standard InChI is InChI=1S/C18H26ClN/c19-17-7-3-4-13(10-17)11-18(20)16-9-8-14-5-1-2-6-15(14)12-16/h3-4,7,10,14-16,18H,1-2,5-6,8-9,11-12,20H2. The van der Waals surface area contributed by atoms with Gasteiger partial charge in [0.15, 0.2) is 0 Å². The van der Waals surface area contributed by atoms with Gasteiger partial charge in [0.2, 0.25) is 0 Å². The number of rotatable bonds is 3. The molecule has 2 heteroatoms. The van der Waals surface area contributed by atoms with E-state index in [0.29, 0.717) is 12.0 Å². The minimum absolute atomic E-state index is 0.302. The Hall–Kier alpha value is -0.530. The lowest BCUT2D eigenvalue weighted by Crippen LogP contribution is -2.38. The van der Waals surface area contributed by atoms with Crippen LogP contribution in [-0.4, -0.2) is 6.04 Å². The fourth-order valence-corrected chi connectivity index (χ4v) is 4.61. The van der Waals surface area contributed by atoms with Crippen molar-refractivity contribution in [3.05, 3.63) is 34.9 Å². The molecular formula is C18H26ClN. The molecule has 1 aromatic carbocycles. The fourth-order valence-electron chi connectivity index (χ4n) is 4.40. The Morgan fingerprint density at radius 2 is 1.90 bits per heavy atom. The number of nitrogens with two attached hydrogens (primary N) is 1. The molecule has 4 unspecified atom stereocenters. The first-order valence-electron chi connectivity index (χ1n) is 8.22. The van der Waals surface area contributed by atoms with Crippen LogP contribution in [0.3, 0.4) is 0 Å².